The summed E-state index contributed by atoms with van der Waals surface area (Å²) in [4.78, 5) is 0. The third kappa shape index (κ3) is 4.55. The molecule has 0 aliphatic heterocycles. The van der Waals surface area contributed by atoms with Crippen molar-refractivity contribution in [3.8, 4) is 44.5 Å². The van der Waals surface area contributed by atoms with Crippen molar-refractivity contribution in [2.24, 2.45) is 0 Å². The quantitative estimate of drug-likeness (QED) is 0.176. The fraction of sp³-hybridized carbons (Fsp3) is 0. The fourth-order valence-electron chi connectivity index (χ4n) is 7.02. The molecule has 1 aromatic heterocycles. The van der Waals surface area contributed by atoms with Crippen molar-refractivity contribution >= 4 is 54.3 Å². The topological polar surface area (TPSA) is 13.1 Å². The molecule has 1 heteroatoms. The molecule has 0 unspecified atom stereocenters. The summed E-state index contributed by atoms with van der Waals surface area (Å²) in [6, 6.07) is 35.8. The number of hydrogen-bond donors (Lipinski definition) is 0. The minimum atomic E-state index is -0.581. The van der Waals surface area contributed by atoms with Crippen LogP contribution >= 0.6 is 0 Å². The zero-order valence-corrected chi connectivity index (χ0v) is 26.0. The molecule has 0 spiro atoms. The van der Waals surface area contributed by atoms with Gasteiger partial charge in [-0.05, 0) is 113 Å². The Hall–Kier alpha value is -6.44. The second kappa shape index (κ2) is 11.1. The van der Waals surface area contributed by atoms with Gasteiger partial charge in [0.05, 0.1) is 13.7 Å². The average Bonchev–Trinajstić information content (AvgIpc) is 3.65. The molecule has 0 aliphatic carbocycles. The van der Waals surface area contributed by atoms with E-state index in [2.05, 4.69) is 54.6 Å². The molecule has 1 nitrogen and oxygen atoms in total. The van der Waals surface area contributed by atoms with Crippen molar-refractivity contribution in [1.82, 2.24) is 0 Å². The van der Waals surface area contributed by atoms with Crippen LogP contribution in [-0.4, -0.2) is 0 Å². The van der Waals surface area contributed by atoms with Crippen molar-refractivity contribution in [2.45, 2.75) is 0 Å². The van der Waals surface area contributed by atoms with E-state index >= 15 is 0 Å². The zero-order chi connectivity index (χ0) is 41.0. The minimum absolute atomic E-state index is 0.00211. The standard InChI is InChI=1S/C48H30O/c1-2-11-31(12-3-1)36-23-25-39-40-26-24-38(30-46(40)49-45(39)29-36)48-43-19-8-6-17-41(43)47(42-18-7-9-20-44(42)48)37-16-10-15-34(28-37)35-22-21-32-13-4-5-14-33(32)27-35/h1-30H/i1D,2D,3D,11D,12D,23D,24D,25D,26D,30D. The van der Waals surface area contributed by atoms with Crippen molar-refractivity contribution in [3.05, 3.63) is 182 Å². The highest BCUT2D eigenvalue weighted by Gasteiger charge is 2.18. The zero-order valence-electron chi connectivity index (χ0n) is 36.0. The lowest BCUT2D eigenvalue weighted by Crippen LogP contribution is -1.91. The Morgan fingerprint density at radius 3 is 1.67 bits per heavy atom. The summed E-state index contributed by atoms with van der Waals surface area (Å²) in [5, 5.41) is 5.71. The SMILES string of the molecule is [2H]c1c([2H])c([2H])c(-c2cc3oc4c([2H])c(-c5c6ccccc6c(-c6cccc(-c7ccc8ccccc8c7)c6)c6ccccc56)c([2H])c([2H])c4c3c([2H])c2[2H])c([2H])c1[2H]. The van der Waals surface area contributed by atoms with Crippen LogP contribution in [0.4, 0.5) is 0 Å². The van der Waals surface area contributed by atoms with Crippen LogP contribution in [0.5, 0.6) is 0 Å². The van der Waals surface area contributed by atoms with E-state index in [4.69, 9.17) is 14.0 Å². The Kier molecular flexibility index (Phi) is 4.39. The smallest absolute Gasteiger partial charge is 0.136 e. The first-order valence-corrected chi connectivity index (χ1v) is 16.0. The molecule has 49 heavy (non-hydrogen) atoms. The summed E-state index contributed by atoms with van der Waals surface area (Å²) < 4.78 is 94.2. The molecule has 0 amide bonds. The van der Waals surface area contributed by atoms with Crippen molar-refractivity contribution < 1.29 is 18.1 Å². The number of benzene rings is 9. The van der Waals surface area contributed by atoms with Crippen molar-refractivity contribution in [1.29, 1.82) is 0 Å². The second-order valence-electron chi connectivity index (χ2n) is 12.1. The highest BCUT2D eigenvalue weighted by atomic mass is 16.3. The van der Waals surface area contributed by atoms with Crippen LogP contribution in [0.25, 0.3) is 98.8 Å². The Morgan fingerprint density at radius 2 is 0.939 bits per heavy atom. The van der Waals surface area contributed by atoms with Crippen LogP contribution < -0.4 is 0 Å². The highest BCUT2D eigenvalue weighted by Crippen LogP contribution is 2.45. The first-order valence-electron chi connectivity index (χ1n) is 21.0. The van der Waals surface area contributed by atoms with E-state index in [1.165, 1.54) is 11.5 Å². The maximum absolute atomic E-state index is 9.65. The highest BCUT2D eigenvalue weighted by molar-refractivity contribution is 6.22. The molecule has 1 heterocycles. The number of rotatable bonds is 4. The Morgan fingerprint density at radius 1 is 0.347 bits per heavy atom. The first-order chi connectivity index (χ1) is 28.5. The van der Waals surface area contributed by atoms with E-state index in [0.717, 1.165) is 49.2 Å². The van der Waals surface area contributed by atoms with Crippen molar-refractivity contribution in [2.75, 3.05) is 0 Å². The van der Waals surface area contributed by atoms with Crippen LogP contribution in [0.2, 0.25) is 0 Å². The van der Waals surface area contributed by atoms with Crippen molar-refractivity contribution in [3.63, 3.8) is 0 Å². The predicted molar refractivity (Wildman–Crippen MR) is 208 cm³/mol. The summed E-state index contributed by atoms with van der Waals surface area (Å²) in [6.45, 7) is 0. The lowest BCUT2D eigenvalue weighted by atomic mass is 9.85. The monoisotopic (exact) mass is 632 g/mol. The van der Waals surface area contributed by atoms with E-state index in [-0.39, 0.29) is 56.8 Å². The largest absolute Gasteiger partial charge is 0.456 e. The minimum Gasteiger partial charge on any atom is -0.456 e. The van der Waals surface area contributed by atoms with E-state index in [0.29, 0.717) is 5.56 Å². The van der Waals surface area contributed by atoms with Gasteiger partial charge in [-0.25, -0.2) is 0 Å². The molecule has 10 aromatic rings. The third-order valence-electron chi connectivity index (χ3n) is 9.27. The summed E-state index contributed by atoms with van der Waals surface area (Å²) in [7, 11) is 0. The maximum atomic E-state index is 9.65. The van der Waals surface area contributed by atoms with Gasteiger partial charge in [-0.3, -0.25) is 0 Å². The normalized spacial score (nSPS) is 14.5. The molecule has 10 rings (SSSR count). The second-order valence-corrected chi connectivity index (χ2v) is 12.1. The molecule has 0 N–H and O–H groups in total. The Balaban J connectivity index is 1.22. The van der Waals surface area contributed by atoms with Gasteiger partial charge in [0.15, 0.2) is 0 Å². The average molecular weight is 633 g/mol. The summed E-state index contributed by atoms with van der Waals surface area (Å²) in [5.74, 6) is 0. The fourth-order valence-corrected chi connectivity index (χ4v) is 7.02. The molecule has 0 aliphatic rings. The Bertz CT molecular complexity index is 3370. The van der Waals surface area contributed by atoms with E-state index in [1.807, 2.05) is 60.7 Å². The van der Waals surface area contributed by atoms with E-state index < -0.39 is 42.3 Å². The number of hydrogen-bond acceptors (Lipinski definition) is 1. The van der Waals surface area contributed by atoms with Gasteiger partial charge in [0.1, 0.15) is 11.2 Å². The van der Waals surface area contributed by atoms with Crippen LogP contribution in [0.3, 0.4) is 0 Å². The maximum Gasteiger partial charge on any atom is 0.136 e. The van der Waals surface area contributed by atoms with Crippen LogP contribution in [0, 0.1) is 0 Å². The Labute approximate surface area is 298 Å². The van der Waals surface area contributed by atoms with Gasteiger partial charge in [-0.2, -0.15) is 0 Å². The molecule has 0 saturated heterocycles. The predicted octanol–water partition coefficient (Wildman–Crippen LogP) is 13.7. The van der Waals surface area contributed by atoms with Crippen LogP contribution in [0.1, 0.15) is 13.7 Å². The van der Waals surface area contributed by atoms with E-state index in [9.17, 15) is 4.11 Å². The summed E-state index contributed by atoms with van der Waals surface area (Å²) >= 11 is 0. The number of fused-ring (bicyclic) bond motifs is 6. The third-order valence-corrected chi connectivity index (χ3v) is 9.27. The summed E-state index contributed by atoms with van der Waals surface area (Å²) in [6.07, 6.45) is 0. The van der Waals surface area contributed by atoms with Crippen LogP contribution in [-0.2, 0) is 0 Å². The van der Waals surface area contributed by atoms with Gasteiger partial charge < -0.3 is 4.42 Å². The van der Waals surface area contributed by atoms with E-state index in [1.54, 1.807) is 0 Å². The molecular weight excluding hydrogens is 593 g/mol. The van der Waals surface area contributed by atoms with Gasteiger partial charge in [-0.15, -0.1) is 0 Å². The van der Waals surface area contributed by atoms with Gasteiger partial charge in [0, 0.05) is 10.8 Å². The first kappa shape index (κ1) is 19.4. The molecule has 0 bridgehead atoms. The van der Waals surface area contributed by atoms with Gasteiger partial charge in [0.2, 0.25) is 0 Å². The molecule has 0 saturated carbocycles. The number of furan rings is 1. The molecule has 0 radical (unpaired) electrons. The van der Waals surface area contributed by atoms with Gasteiger partial charge >= 0.3 is 0 Å². The molecule has 0 fully saturated rings. The van der Waals surface area contributed by atoms with Crippen LogP contribution in [0.15, 0.2) is 186 Å². The lowest BCUT2D eigenvalue weighted by molar-refractivity contribution is 0.669. The molecular formula is C48H30O. The molecule has 228 valence electrons. The van der Waals surface area contributed by atoms with Gasteiger partial charge in [-0.1, -0.05) is 145 Å². The molecule has 0 atom stereocenters. The molecule has 9 aromatic carbocycles. The summed E-state index contributed by atoms with van der Waals surface area (Å²) in [5.41, 5.74) is 4.46. The lowest BCUT2D eigenvalue weighted by Gasteiger charge is -2.18. The van der Waals surface area contributed by atoms with Gasteiger partial charge in [0.25, 0.3) is 0 Å².